The first kappa shape index (κ1) is 27.5. The second-order valence-corrected chi connectivity index (χ2v) is 10.5. The lowest BCUT2D eigenvalue weighted by molar-refractivity contribution is -0.137. The molecule has 206 valence electrons. The highest BCUT2D eigenvalue weighted by Gasteiger charge is 2.28. The van der Waals surface area contributed by atoms with E-state index in [1.807, 2.05) is 36.1 Å². The van der Waals surface area contributed by atoms with Crippen molar-refractivity contribution in [1.82, 2.24) is 14.9 Å². The van der Waals surface area contributed by atoms with E-state index in [2.05, 4.69) is 4.90 Å². The summed E-state index contributed by atoms with van der Waals surface area (Å²) in [5, 5.41) is 9.69. The zero-order valence-corrected chi connectivity index (χ0v) is 22.9. The number of aliphatic carboxylic acids is 1. The summed E-state index contributed by atoms with van der Waals surface area (Å²) in [4.78, 5) is 38.4. The summed E-state index contributed by atoms with van der Waals surface area (Å²) in [5.74, 6) is -1.24. The van der Waals surface area contributed by atoms with E-state index in [-0.39, 0.29) is 24.2 Å². The molecule has 7 nitrogen and oxygen atoms in total. The molecule has 1 N–H and O–H groups in total. The van der Waals surface area contributed by atoms with E-state index in [1.54, 1.807) is 30.3 Å². The average Bonchev–Trinajstić information content (AvgIpc) is 2.95. The summed E-state index contributed by atoms with van der Waals surface area (Å²) in [5.41, 5.74) is 4.91. The Morgan fingerprint density at radius 3 is 2.42 bits per heavy atom. The minimum atomic E-state index is -0.838. The number of anilines is 1. The number of fused-ring (bicyclic) bond motifs is 1. The molecule has 0 saturated carbocycles. The second-order valence-electron chi connectivity index (χ2n) is 10.1. The van der Waals surface area contributed by atoms with Crippen LogP contribution < -0.4 is 4.90 Å². The number of rotatable bonds is 8. The van der Waals surface area contributed by atoms with Gasteiger partial charge < -0.3 is 14.9 Å². The number of amides is 1. The number of carboxylic acids is 1. The fourth-order valence-corrected chi connectivity index (χ4v) is 5.24. The van der Waals surface area contributed by atoms with Crippen molar-refractivity contribution in [2.45, 2.75) is 38.6 Å². The number of hydrogen-bond acceptors (Lipinski definition) is 5. The van der Waals surface area contributed by atoms with E-state index in [0.717, 1.165) is 11.3 Å². The van der Waals surface area contributed by atoms with Crippen LogP contribution in [0.5, 0.6) is 0 Å². The lowest BCUT2D eigenvalue weighted by atomic mass is 10.0. The number of halogens is 2. The first-order chi connectivity index (χ1) is 19.3. The average molecular weight is 561 g/mol. The largest absolute Gasteiger partial charge is 0.481 e. The van der Waals surface area contributed by atoms with Crippen molar-refractivity contribution in [3.8, 4) is 11.3 Å². The van der Waals surface area contributed by atoms with E-state index in [1.165, 1.54) is 12.1 Å². The number of benzene rings is 3. The van der Waals surface area contributed by atoms with Crippen molar-refractivity contribution in [2.75, 3.05) is 24.5 Å². The summed E-state index contributed by atoms with van der Waals surface area (Å²) in [6, 6.07) is 19.2. The highest BCUT2D eigenvalue weighted by atomic mass is 35.5. The maximum Gasteiger partial charge on any atom is 0.303 e. The zero-order chi connectivity index (χ0) is 28.2. The molecule has 1 saturated heterocycles. The molecule has 1 aromatic heterocycles. The van der Waals surface area contributed by atoms with Crippen LogP contribution in [0.3, 0.4) is 0 Å². The molecule has 1 atom stereocenters. The molecule has 3 aromatic carbocycles. The smallest absolute Gasteiger partial charge is 0.303 e. The number of aromatic nitrogens is 2. The fraction of sp³-hybridized carbons (Fsp3) is 0.290. The first-order valence-corrected chi connectivity index (χ1v) is 13.8. The quantitative estimate of drug-likeness (QED) is 0.257. The zero-order valence-electron chi connectivity index (χ0n) is 22.2. The molecule has 1 aliphatic heterocycles. The van der Waals surface area contributed by atoms with Gasteiger partial charge in [0.05, 0.1) is 22.4 Å². The minimum absolute atomic E-state index is 0.00403. The molecule has 1 amide bonds. The van der Waals surface area contributed by atoms with E-state index in [0.29, 0.717) is 71.9 Å². The second kappa shape index (κ2) is 12.0. The van der Waals surface area contributed by atoms with Gasteiger partial charge in [0.1, 0.15) is 5.82 Å². The van der Waals surface area contributed by atoms with E-state index in [9.17, 15) is 14.0 Å². The van der Waals surface area contributed by atoms with Gasteiger partial charge in [-0.1, -0.05) is 11.6 Å². The van der Waals surface area contributed by atoms with Gasteiger partial charge in [-0.25, -0.2) is 14.4 Å². The van der Waals surface area contributed by atoms with Crippen molar-refractivity contribution in [1.29, 1.82) is 0 Å². The van der Waals surface area contributed by atoms with Crippen LogP contribution in [0.25, 0.3) is 22.3 Å². The van der Waals surface area contributed by atoms with Gasteiger partial charge in [0.25, 0.3) is 5.91 Å². The van der Waals surface area contributed by atoms with Crippen molar-refractivity contribution >= 4 is 40.2 Å². The topological polar surface area (TPSA) is 86.6 Å². The Hall–Kier alpha value is -4.04. The van der Waals surface area contributed by atoms with Crippen LogP contribution in [-0.2, 0) is 11.2 Å². The van der Waals surface area contributed by atoms with Gasteiger partial charge in [-0.3, -0.25) is 9.59 Å². The van der Waals surface area contributed by atoms with Crippen molar-refractivity contribution in [3.63, 3.8) is 0 Å². The maximum absolute atomic E-state index is 13.6. The van der Waals surface area contributed by atoms with Gasteiger partial charge >= 0.3 is 5.97 Å². The Bertz CT molecular complexity index is 1530. The molecule has 2 heterocycles. The van der Waals surface area contributed by atoms with Crippen molar-refractivity contribution in [3.05, 3.63) is 88.8 Å². The van der Waals surface area contributed by atoms with Crippen LogP contribution >= 0.6 is 11.6 Å². The third kappa shape index (κ3) is 6.23. The van der Waals surface area contributed by atoms with E-state index in [4.69, 9.17) is 26.7 Å². The molecular formula is C31H30ClFN4O3. The summed E-state index contributed by atoms with van der Waals surface area (Å²) in [6.45, 7) is 4.06. The summed E-state index contributed by atoms with van der Waals surface area (Å²) >= 11 is 6.04. The normalized spacial score (nSPS) is 15.4. The SMILES string of the molecule is C[C@H]1CN(c2ccc(Cl)cc2)CCN1C(=O)c1ccc2nc(-c3ccc(F)cc3)c(CCCCC(=O)O)nc2c1. The highest BCUT2D eigenvalue weighted by molar-refractivity contribution is 6.30. The molecule has 0 spiro atoms. The number of carboxylic acid groups (broad SMARTS) is 1. The van der Waals surface area contributed by atoms with E-state index >= 15 is 0 Å². The standard InChI is InChI=1S/C31H30ClFN4O3/c1-20-19-36(25-13-9-23(32)10-14-25)16-17-37(20)31(40)22-8-15-26-28(18-22)34-27(4-2-3-5-29(38)39)30(35-26)21-6-11-24(33)12-7-21/h6-15,18,20H,2-5,16-17,19H2,1H3,(H,38,39)/t20-/m0/s1. The predicted octanol–water partition coefficient (Wildman–Crippen LogP) is 6.24. The molecule has 1 aliphatic rings. The number of carbonyl (C=O) groups is 2. The molecule has 40 heavy (non-hydrogen) atoms. The van der Waals surface area contributed by atoms with Crippen LogP contribution in [0.2, 0.25) is 5.02 Å². The molecule has 0 bridgehead atoms. The lowest BCUT2D eigenvalue weighted by Crippen LogP contribution is -2.54. The maximum atomic E-state index is 13.6. The Labute approximate surface area is 237 Å². The number of piperazine rings is 1. The number of carbonyl (C=O) groups excluding carboxylic acids is 1. The fourth-order valence-electron chi connectivity index (χ4n) is 5.12. The van der Waals surface area contributed by atoms with Gasteiger partial charge in [-0.2, -0.15) is 0 Å². The number of nitrogens with zero attached hydrogens (tertiary/aromatic N) is 4. The molecular weight excluding hydrogens is 531 g/mol. The molecule has 4 aromatic rings. The number of unbranched alkanes of at least 4 members (excludes halogenated alkanes) is 1. The Morgan fingerprint density at radius 1 is 0.975 bits per heavy atom. The predicted molar refractivity (Wildman–Crippen MR) is 154 cm³/mol. The Morgan fingerprint density at radius 2 is 1.73 bits per heavy atom. The summed E-state index contributed by atoms with van der Waals surface area (Å²) in [7, 11) is 0. The number of aryl methyl sites for hydroxylation is 1. The lowest BCUT2D eigenvalue weighted by Gasteiger charge is -2.41. The van der Waals surface area contributed by atoms with Gasteiger partial charge in [-0.15, -0.1) is 0 Å². The Kier molecular flexibility index (Phi) is 8.26. The molecule has 1 fully saturated rings. The van der Waals surface area contributed by atoms with Crippen LogP contribution in [0.4, 0.5) is 10.1 Å². The molecule has 0 unspecified atom stereocenters. The Balaban J connectivity index is 1.39. The van der Waals surface area contributed by atoms with Gasteiger partial charge in [0.2, 0.25) is 0 Å². The third-order valence-corrected chi connectivity index (χ3v) is 7.49. The number of hydrogen-bond donors (Lipinski definition) is 1. The van der Waals surface area contributed by atoms with Crippen LogP contribution in [0.1, 0.15) is 42.2 Å². The van der Waals surface area contributed by atoms with Crippen LogP contribution in [-0.4, -0.2) is 57.5 Å². The highest BCUT2D eigenvalue weighted by Crippen LogP contribution is 2.27. The van der Waals surface area contributed by atoms with Crippen LogP contribution in [0, 0.1) is 5.82 Å². The first-order valence-electron chi connectivity index (χ1n) is 13.4. The van der Waals surface area contributed by atoms with Gasteiger partial charge in [0, 0.05) is 53.9 Å². The van der Waals surface area contributed by atoms with Crippen molar-refractivity contribution < 1.29 is 19.1 Å². The third-order valence-electron chi connectivity index (χ3n) is 7.24. The molecule has 5 rings (SSSR count). The monoisotopic (exact) mass is 560 g/mol. The van der Waals surface area contributed by atoms with E-state index < -0.39 is 5.97 Å². The minimum Gasteiger partial charge on any atom is -0.481 e. The van der Waals surface area contributed by atoms with Gasteiger partial charge in [-0.05, 0) is 92.9 Å². The van der Waals surface area contributed by atoms with Gasteiger partial charge in [0.15, 0.2) is 0 Å². The molecule has 9 heteroatoms. The van der Waals surface area contributed by atoms with Crippen molar-refractivity contribution in [2.24, 2.45) is 0 Å². The molecule has 0 radical (unpaired) electrons. The summed E-state index contributed by atoms with van der Waals surface area (Å²) in [6.07, 6.45) is 1.73. The van der Waals surface area contributed by atoms with Crippen LogP contribution in [0.15, 0.2) is 66.7 Å². The summed E-state index contributed by atoms with van der Waals surface area (Å²) < 4.78 is 13.6. The molecule has 0 aliphatic carbocycles.